The molecule has 5 nitrogen and oxygen atoms in total. The molecule has 150 valence electrons. The summed E-state index contributed by atoms with van der Waals surface area (Å²) in [5, 5.41) is 4.01. The highest BCUT2D eigenvalue weighted by molar-refractivity contribution is 9.10. The first kappa shape index (κ1) is 21.2. The van der Waals surface area contributed by atoms with Gasteiger partial charge in [0.05, 0.1) is 6.21 Å². The van der Waals surface area contributed by atoms with E-state index in [1.807, 2.05) is 49.4 Å². The van der Waals surface area contributed by atoms with Crippen LogP contribution in [0.25, 0.3) is 6.08 Å². The van der Waals surface area contributed by atoms with E-state index in [1.165, 1.54) is 12.3 Å². The first-order valence-electron chi connectivity index (χ1n) is 9.16. The van der Waals surface area contributed by atoms with Crippen LogP contribution in [-0.4, -0.2) is 18.1 Å². The average molecular weight is 463 g/mol. The van der Waals surface area contributed by atoms with E-state index in [0.29, 0.717) is 16.9 Å². The third-order valence-corrected chi connectivity index (χ3v) is 4.65. The lowest BCUT2D eigenvalue weighted by molar-refractivity contribution is -0.128. The summed E-state index contributed by atoms with van der Waals surface area (Å²) < 4.78 is 6.22. The van der Waals surface area contributed by atoms with Gasteiger partial charge in [-0.2, -0.15) is 5.10 Å². The molecule has 6 heteroatoms. The molecular formula is C24H19BrN2O3. The lowest BCUT2D eigenvalue weighted by atomic mass is 10.1. The molecule has 0 heterocycles. The molecule has 0 aromatic heterocycles. The molecule has 3 aromatic rings. The first-order chi connectivity index (χ1) is 14.5. The molecule has 1 N–H and O–H groups in total. The summed E-state index contributed by atoms with van der Waals surface area (Å²) in [6.07, 6.45) is 4.47. The fraction of sp³-hybridized carbons (Fsp3) is 0.0417. The largest absolute Gasteiger partial charge is 0.423 e. The van der Waals surface area contributed by atoms with Crippen molar-refractivity contribution < 1.29 is 14.3 Å². The average Bonchev–Trinajstić information content (AvgIpc) is 2.75. The second-order valence-corrected chi connectivity index (χ2v) is 7.28. The number of nitrogens with one attached hydrogen (secondary N) is 1. The molecule has 0 aliphatic carbocycles. The van der Waals surface area contributed by atoms with Crippen molar-refractivity contribution in [3.63, 3.8) is 0 Å². The Morgan fingerprint density at radius 3 is 2.50 bits per heavy atom. The summed E-state index contributed by atoms with van der Waals surface area (Å²) in [7, 11) is 0. The van der Waals surface area contributed by atoms with Gasteiger partial charge in [-0.05, 0) is 48.4 Å². The molecule has 0 aliphatic heterocycles. The van der Waals surface area contributed by atoms with Gasteiger partial charge in [0.25, 0.3) is 5.91 Å². The number of halogens is 1. The van der Waals surface area contributed by atoms with Crippen molar-refractivity contribution in [2.75, 3.05) is 0 Å². The highest BCUT2D eigenvalue weighted by Crippen LogP contribution is 2.22. The van der Waals surface area contributed by atoms with Crippen molar-refractivity contribution in [3.05, 3.63) is 106 Å². The minimum Gasteiger partial charge on any atom is -0.423 e. The Kier molecular flexibility index (Phi) is 7.29. The Balaban J connectivity index is 1.69. The number of hydrogen-bond donors (Lipinski definition) is 1. The molecule has 3 aromatic carbocycles. The van der Waals surface area contributed by atoms with Crippen molar-refractivity contribution in [1.29, 1.82) is 0 Å². The smallest absolute Gasteiger partial charge is 0.336 e. The van der Waals surface area contributed by atoms with E-state index in [2.05, 4.69) is 26.5 Å². The number of esters is 1. The SMILES string of the molecule is Cc1ccccc1C(=O)N/N=C\c1cc(Br)ccc1OC(=O)/C=C/c1ccccc1. The number of carbonyl (C=O) groups excluding carboxylic acids is 2. The molecule has 0 fully saturated rings. The summed E-state index contributed by atoms with van der Waals surface area (Å²) in [5.74, 6) is -0.502. The molecule has 0 aliphatic rings. The van der Waals surface area contributed by atoms with Gasteiger partial charge in [-0.1, -0.05) is 64.5 Å². The summed E-state index contributed by atoms with van der Waals surface area (Å²) in [4.78, 5) is 24.5. The minimum atomic E-state index is -0.514. The van der Waals surface area contributed by atoms with E-state index in [0.717, 1.165) is 15.6 Å². The number of amides is 1. The fourth-order valence-electron chi connectivity index (χ4n) is 2.63. The number of aryl methyl sites for hydroxylation is 1. The summed E-state index contributed by atoms with van der Waals surface area (Å²) in [6, 6.07) is 21.9. The van der Waals surface area contributed by atoms with Crippen LogP contribution in [0.5, 0.6) is 5.75 Å². The van der Waals surface area contributed by atoms with Crippen LogP contribution in [0.4, 0.5) is 0 Å². The molecular weight excluding hydrogens is 444 g/mol. The number of benzene rings is 3. The first-order valence-corrected chi connectivity index (χ1v) is 9.96. The third kappa shape index (κ3) is 5.99. The van der Waals surface area contributed by atoms with Gasteiger partial charge in [0.2, 0.25) is 0 Å². The number of ether oxygens (including phenoxy) is 1. The number of rotatable bonds is 6. The van der Waals surface area contributed by atoms with Gasteiger partial charge in [-0.3, -0.25) is 4.79 Å². The maximum Gasteiger partial charge on any atom is 0.336 e. The predicted molar refractivity (Wildman–Crippen MR) is 121 cm³/mol. The van der Waals surface area contributed by atoms with Gasteiger partial charge in [0, 0.05) is 21.7 Å². The third-order valence-electron chi connectivity index (χ3n) is 4.15. The highest BCUT2D eigenvalue weighted by atomic mass is 79.9. The Morgan fingerprint density at radius 2 is 1.73 bits per heavy atom. The molecule has 0 bridgehead atoms. The zero-order valence-corrected chi connectivity index (χ0v) is 17.8. The van der Waals surface area contributed by atoms with Crippen LogP contribution in [0.3, 0.4) is 0 Å². The molecule has 1 amide bonds. The molecule has 0 atom stereocenters. The van der Waals surface area contributed by atoms with E-state index < -0.39 is 5.97 Å². The molecule has 0 spiro atoms. The van der Waals surface area contributed by atoms with Crippen molar-refractivity contribution >= 4 is 40.1 Å². The van der Waals surface area contributed by atoms with E-state index in [-0.39, 0.29) is 5.91 Å². The summed E-state index contributed by atoms with van der Waals surface area (Å²) in [6.45, 7) is 1.85. The lowest BCUT2D eigenvalue weighted by Crippen LogP contribution is -2.18. The second kappa shape index (κ2) is 10.3. The van der Waals surface area contributed by atoms with Gasteiger partial charge in [-0.25, -0.2) is 10.2 Å². The van der Waals surface area contributed by atoms with Crippen molar-refractivity contribution in [2.24, 2.45) is 5.10 Å². The molecule has 0 saturated heterocycles. The topological polar surface area (TPSA) is 67.8 Å². The standard InChI is InChI=1S/C24H19BrN2O3/c1-17-7-5-6-10-21(17)24(29)27-26-16-19-15-20(25)12-13-22(19)30-23(28)14-11-18-8-3-2-4-9-18/h2-16H,1H3,(H,27,29)/b14-11+,26-16-. The molecule has 0 radical (unpaired) electrons. The van der Waals surface area contributed by atoms with E-state index in [1.54, 1.807) is 36.4 Å². The summed E-state index contributed by atoms with van der Waals surface area (Å²) >= 11 is 3.39. The minimum absolute atomic E-state index is 0.316. The van der Waals surface area contributed by atoms with Crippen LogP contribution in [0.2, 0.25) is 0 Å². The Morgan fingerprint density at radius 1 is 1.00 bits per heavy atom. The number of carbonyl (C=O) groups is 2. The van der Waals surface area contributed by atoms with Crippen LogP contribution in [0, 0.1) is 6.92 Å². The maximum atomic E-state index is 12.3. The van der Waals surface area contributed by atoms with Gasteiger partial charge in [0.15, 0.2) is 0 Å². The monoisotopic (exact) mass is 462 g/mol. The lowest BCUT2D eigenvalue weighted by Gasteiger charge is -2.07. The van der Waals surface area contributed by atoms with Crippen molar-refractivity contribution in [3.8, 4) is 5.75 Å². The Labute approximate surface area is 183 Å². The zero-order chi connectivity index (χ0) is 21.3. The van der Waals surface area contributed by atoms with Gasteiger partial charge < -0.3 is 4.74 Å². The van der Waals surface area contributed by atoms with Crippen LogP contribution in [0.1, 0.15) is 27.0 Å². The van der Waals surface area contributed by atoms with Crippen LogP contribution in [0.15, 0.2) is 88.4 Å². The van der Waals surface area contributed by atoms with Gasteiger partial charge in [-0.15, -0.1) is 0 Å². The molecule has 30 heavy (non-hydrogen) atoms. The maximum absolute atomic E-state index is 12.3. The number of hydrogen-bond acceptors (Lipinski definition) is 4. The normalized spacial score (nSPS) is 11.0. The van der Waals surface area contributed by atoms with Gasteiger partial charge >= 0.3 is 5.97 Å². The second-order valence-electron chi connectivity index (χ2n) is 6.36. The van der Waals surface area contributed by atoms with Crippen LogP contribution in [-0.2, 0) is 4.79 Å². The summed E-state index contributed by atoms with van der Waals surface area (Å²) in [5.41, 5.74) is 5.33. The highest BCUT2D eigenvalue weighted by Gasteiger charge is 2.09. The van der Waals surface area contributed by atoms with E-state index in [9.17, 15) is 9.59 Å². The van der Waals surface area contributed by atoms with Gasteiger partial charge in [0.1, 0.15) is 5.75 Å². The molecule has 0 saturated carbocycles. The molecule has 3 rings (SSSR count). The predicted octanol–water partition coefficient (Wildman–Crippen LogP) is 5.14. The zero-order valence-electron chi connectivity index (χ0n) is 16.2. The number of nitrogens with zero attached hydrogens (tertiary/aromatic N) is 1. The van der Waals surface area contributed by atoms with Crippen molar-refractivity contribution in [1.82, 2.24) is 5.43 Å². The van der Waals surface area contributed by atoms with Crippen molar-refractivity contribution in [2.45, 2.75) is 6.92 Å². The van der Waals surface area contributed by atoms with E-state index in [4.69, 9.17) is 4.74 Å². The number of hydrazone groups is 1. The fourth-order valence-corrected chi connectivity index (χ4v) is 3.01. The van der Waals surface area contributed by atoms with E-state index >= 15 is 0 Å². The quantitative estimate of drug-likeness (QED) is 0.181. The van der Waals surface area contributed by atoms with Crippen LogP contribution < -0.4 is 10.2 Å². The van der Waals surface area contributed by atoms with Crippen LogP contribution >= 0.6 is 15.9 Å². The Bertz CT molecular complexity index is 1110. The Hall–Kier alpha value is -3.51. The molecule has 0 unspecified atom stereocenters.